The molecular formula is C11H16N2O3. The summed E-state index contributed by atoms with van der Waals surface area (Å²) in [5.41, 5.74) is 5.90. The van der Waals surface area contributed by atoms with E-state index in [0.29, 0.717) is 11.5 Å². The zero-order valence-corrected chi connectivity index (χ0v) is 9.66. The normalized spacial score (nSPS) is 9.69. The minimum atomic E-state index is -0.119. The van der Waals surface area contributed by atoms with Gasteiger partial charge >= 0.3 is 0 Å². The summed E-state index contributed by atoms with van der Waals surface area (Å²) in [5, 5.41) is 0. The van der Waals surface area contributed by atoms with Crippen molar-refractivity contribution in [2.45, 2.75) is 6.42 Å². The zero-order valence-electron chi connectivity index (χ0n) is 9.66. The molecule has 0 radical (unpaired) electrons. The van der Waals surface area contributed by atoms with E-state index in [1.807, 2.05) is 6.07 Å². The van der Waals surface area contributed by atoms with Gasteiger partial charge in [0.2, 0.25) is 5.91 Å². The van der Waals surface area contributed by atoms with Crippen LogP contribution in [0.5, 0.6) is 11.5 Å². The van der Waals surface area contributed by atoms with Crippen LogP contribution in [0.3, 0.4) is 0 Å². The fraction of sp³-hybridized carbons (Fsp3) is 0.364. The minimum absolute atomic E-state index is 0.119. The van der Waals surface area contributed by atoms with E-state index in [4.69, 9.17) is 9.47 Å². The van der Waals surface area contributed by atoms with Crippen molar-refractivity contribution in [2.75, 3.05) is 21.3 Å². The lowest BCUT2D eigenvalue weighted by atomic mass is 10.1. The molecule has 88 valence electrons. The van der Waals surface area contributed by atoms with Crippen LogP contribution in [0.15, 0.2) is 18.2 Å². The predicted octanol–water partition coefficient (Wildman–Crippen LogP) is 0.497. The molecule has 5 nitrogen and oxygen atoms in total. The number of hydrogen-bond acceptors (Lipinski definition) is 4. The summed E-state index contributed by atoms with van der Waals surface area (Å²) in [4.78, 5) is 11.4. The summed E-state index contributed by atoms with van der Waals surface area (Å²) < 4.78 is 10.3. The van der Waals surface area contributed by atoms with Crippen LogP contribution in [-0.2, 0) is 11.2 Å². The first-order valence-electron chi connectivity index (χ1n) is 4.87. The lowest BCUT2D eigenvalue weighted by molar-refractivity contribution is -0.121. The fourth-order valence-electron chi connectivity index (χ4n) is 1.35. The Bertz CT molecular complexity index is 366. The maximum absolute atomic E-state index is 11.4. The van der Waals surface area contributed by atoms with E-state index < -0.39 is 0 Å². The number of ether oxygens (including phenoxy) is 2. The molecule has 0 aliphatic carbocycles. The Morgan fingerprint density at radius 1 is 1.31 bits per heavy atom. The van der Waals surface area contributed by atoms with Gasteiger partial charge in [-0.1, -0.05) is 6.07 Å². The van der Waals surface area contributed by atoms with Gasteiger partial charge in [0.15, 0.2) is 0 Å². The molecular weight excluding hydrogens is 208 g/mol. The summed E-state index contributed by atoms with van der Waals surface area (Å²) in [6.45, 7) is 0. The highest BCUT2D eigenvalue weighted by Crippen LogP contribution is 2.24. The molecule has 1 aromatic rings. The third-order valence-corrected chi connectivity index (χ3v) is 2.11. The molecule has 0 unspecified atom stereocenters. The maximum Gasteiger partial charge on any atom is 0.238 e. The van der Waals surface area contributed by atoms with Crippen LogP contribution in [0.1, 0.15) is 5.56 Å². The maximum atomic E-state index is 11.4. The summed E-state index contributed by atoms with van der Waals surface area (Å²) >= 11 is 0. The van der Waals surface area contributed by atoms with Crippen LogP contribution in [0.2, 0.25) is 0 Å². The van der Waals surface area contributed by atoms with E-state index in [2.05, 4.69) is 10.9 Å². The van der Waals surface area contributed by atoms with E-state index in [1.54, 1.807) is 33.4 Å². The molecule has 0 saturated carbocycles. The average Bonchev–Trinajstić information content (AvgIpc) is 2.30. The molecule has 1 rings (SSSR count). The number of nitrogens with one attached hydrogen (secondary N) is 2. The van der Waals surface area contributed by atoms with Crippen LogP contribution in [0.4, 0.5) is 0 Å². The number of amides is 1. The summed E-state index contributed by atoms with van der Waals surface area (Å²) in [5.74, 6) is 1.23. The topological polar surface area (TPSA) is 59.6 Å². The first-order valence-corrected chi connectivity index (χ1v) is 4.87. The Hall–Kier alpha value is -1.75. The molecule has 0 bridgehead atoms. The fourth-order valence-corrected chi connectivity index (χ4v) is 1.35. The number of hydrogen-bond donors (Lipinski definition) is 2. The predicted molar refractivity (Wildman–Crippen MR) is 60.5 cm³/mol. The lowest BCUT2D eigenvalue weighted by Crippen LogP contribution is -2.35. The van der Waals surface area contributed by atoms with Crippen molar-refractivity contribution >= 4 is 5.91 Å². The smallest absolute Gasteiger partial charge is 0.238 e. The lowest BCUT2D eigenvalue weighted by Gasteiger charge is -2.10. The van der Waals surface area contributed by atoms with Gasteiger partial charge in [0.1, 0.15) is 11.5 Å². The van der Waals surface area contributed by atoms with Gasteiger partial charge in [-0.3, -0.25) is 10.2 Å². The first-order chi connectivity index (χ1) is 7.71. The van der Waals surface area contributed by atoms with Crippen LogP contribution >= 0.6 is 0 Å². The van der Waals surface area contributed by atoms with E-state index in [9.17, 15) is 4.79 Å². The van der Waals surface area contributed by atoms with E-state index in [1.165, 1.54) is 0 Å². The highest BCUT2D eigenvalue weighted by molar-refractivity contribution is 5.78. The number of methoxy groups -OCH3 is 2. The number of rotatable bonds is 5. The number of benzene rings is 1. The van der Waals surface area contributed by atoms with Gasteiger partial charge in [-0.25, -0.2) is 5.43 Å². The van der Waals surface area contributed by atoms with Crippen LogP contribution < -0.4 is 20.3 Å². The second-order valence-electron chi connectivity index (χ2n) is 3.15. The van der Waals surface area contributed by atoms with Gasteiger partial charge in [-0.15, -0.1) is 0 Å². The van der Waals surface area contributed by atoms with Gasteiger partial charge in [0.05, 0.1) is 20.6 Å². The van der Waals surface area contributed by atoms with Crippen molar-refractivity contribution < 1.29 is 14.3 Å². The third kappa shape index (κ3) is 3.13. The second-order valence-corrected chi connectivity index (χ2v) is 3.15. The van der Waals surface area contributed by atoms with Crippen molar-refractivity contribution in [2.24, 2.45) is 0 Å². The molecule has 5 heteroatoms. The molecule has 0 aromatic heterocycles. The Labute approximate surface area is 94.7 Å². The average molecular weight is 224 g/mol. The standard InChI is InChI=1S/C11H16N2O3/c1-12-13-11(14)6-8-4-5-9(15-2)7-10(8)16-3/h4-5,7,12H,6H2,1-3H3,(H,13,14). The molecule has 0 aliphatic rings. The van der Waals surface area contributed by atoms with E-state index in [0.717, 1.165) is 5.56 Å². The van der Waals surface area contributed by atoms with Gasteiger partial charge < -0.3 is 9.47 Å². The molecule has 0 aliphatic heterocycles. The quantitative estimate of drug-likeness (QED) is 0.715. The van der Waals surface area contributed by atoms with E-state index in [-0.39, 0.29) is 12.3 Å². The Kier molecular flexibility index (Phi) is 4.60. The molecule has 16 heavy (non-hydrogen) atoms. The number of carbonyl (C=O) groups is 1. The summed E-state index contributed by atoms with van der Waals surface area (Å²) in [6, 6.07) is 5.36. The monoisotopic (exact) mass is 224 g/mol. The largest absolute Gasteiger partial charge is 0.497 e. The third-order valence-electron chi connectivity index (χ3n) is 2.11. The van der Waals surface area contributed by atoms with Crippen molar-refractivity contribution in [1.29, 1.82) is 0 Å². The molecule has 0 atom stereocenters. The Balaban J connectivity index is 2.83. The van der Waals surface area contributed by atoms with Crippen molar-refractivity contribution in [3.05, 3.63) is 23.8 Å². The number of hydrazine groups is 1. The van der Waals surface area contributed by atoms with Crippen LogP contribution in [0, 0.1) is 0 Å². The second kappa shape index (κ2) is 5.97. The van der Waals surface area contributed by atoms with Gasteiger partial charge in [0, 0.05) is 18.7 Å². The molecule has 1 aromatic carbocycles. The highest BCUT2D eigenvalue weighted by atomic mass is 16.5. The molecule has 0 heterocycles. The van der Waals surface area contributed by atoms with Gasteiger partial charge in [-0.2, -0.15) is 0 Å². The Morgan fingerprint density at radius 3 is 2.62 bits per heavy atom. The van der Waals surface area contributed by atoms with E-state index >= 15 is 0 Å². The van der Waals surface area contributed by atoms with Crippen molar-refractivity contribution in [3.8, 4) is 11.5 Å². The Morgan fingerprint density at radius 2 is 2.06 bits per heavy atom. The molecule has 1 amide bonds. The molecule has 0 spiro atoms. The number of carbonyl (C=O) groups excluding carboxylic acids is 1. The molecule has 0 saturated heterocycles. The van der Waals surface area contributed by atoms with Crippen LogP contribution in [0.25, 0.3) is 0 Å². The van der Waals surface area contributed by atoms with Gasteiger partial charge in [-0.05, 0) is 6.07 Å². The SMILES string of the molecule is CNNC(=O)Cc1ccc(OC)cc1OC. The summed E-state index contributed by atoms with van der Waals surface area (Å²) in [7, 11) is 4.79. The zero-order chi connectivity index (χ0) is 12.0. The van der Waals surface area contributed by atoms with Gasteiger partial charge in [0.25, 0.3) is 0 Å². The summed E-state index contributed by atoms with van der Waals surface area (Å²) in [6.07, 6.45) is 0.258. The first kappa shape index (κ1) is 12.3. The molecule has 0 fully saturated rings. The highest BCUT2D eigenvalue weighted by Gasteiger charge is 2.09. The van der Waals surface area contributed by atoms with Crippen LogP contribution in [-0.4, -0.2) is 27.2 Å². The minimum Gasteiger partial charge on any atom is -0.497 e. The van der Waals surface area contributed by atoms with Crippen molar-refractivity contribution in [3.63, 3.8) is 0 Å². The van der Waals surface area contributed by atoms with Crippen molar-refractivity contribution in [1.82, 2.24) is 10.9 Å². The molecule has 2 N–H and O–H groups in total.